The number of carbonyl (C=O) groups is 1. The summed E-state index contributed by atoms with van der Waals surface area (Å²) < 4.78 is 7.37. The van der Waals surface area contributed by atoms with Gasteiger partial charge in [0.1, 0.15) is 5.75 Å². The van der Waals surface area contributed by atoms with Crippen molar-refractivity contribution in [2.24, 2.45) is 0 Å². The molecule has 0 atom stereocenters. The number of carboxylic acids is 1. The molecule has 6 heteroatoms. The molecule has 24 heavy (non-hydrogen) atoms. The Labute approximate surface area is 144 Å². The fourth-order valence-electron chi connectivity index (χ4n) is 2.67. The first-order valence-electron chi connectivity index (χ1n) is 7.66. The van der Waals surface area contributed by atoms with E-state index in [-0.39, 0.29) is 11.8 Å². The summed E-state index contributed by atoms with van der Waals surface area (Å²) in [5.41, 5.74) is 2.99. The summed E-state index contributed by atoms with van der Waals surface area (Å²) in [6, 6.07) is 6.08. The lowest BCUT2D eigenvalue weighted by molar-refractivity contribution is -0.136. The molecular formula is C18H20N2O3S. The summed E-state index contributed by atoms with van der Waals surface area (Å²) in [6.07, 6.45) is 3.80. The van der Waals surface area contributed by atoms with Gasteiger partial charge in [-0.3, -0.25) is 9.20 Å². The number of aliphatic carboxylic acids is 1. The summed E-state index contributed by atoms with van der Waals surface area (Å²) in [7, 11) is 1.68. The number of aromatic nitrogens is 2. The van der Waals surface area contributed by atoms with Crippen LogP contribution in [0.1, 0.15) is 31.2 Å². The van der Waals surface area contributed by atoms with Gasteiger partial charge >= 0.3 is 5.97 Å². The lowest BCUT2D eigenvalue weighted by Crippen LogP contribution is -2.12. The van der Waals surface area contributed by atoms with Gasteiger partial charge in [0.05, 0.1) is 19.2 Å². The van der Waals surface area contributed by atoms with Crippen LogP contribution in [0.15, 0.2) is 30.6 Å². The van der Waals surface area contributed by atoms with Crippen molar-refractivity contribution >= 4 is 22.3 Å². The van der Waals surface area contributed by atoms with E-state index >= 15 is 0 Å². The Morgan fingerprint density at radius 3 is 2.67 bits per heavy atom. The molecule has 1 aromatic carbocycles. The fraction of sp³-hybridized carbons (Fsp3) is 0.333. The van der Waals surface area contributed by atoms with Crippen LogP contribution in [0.4, 0.5) is 0 Å². The van der Waals surface area contributed by atoms with Gasteiger partial charge in [-0.25, -0.2) is 4.98 Å². The van der Waals surface area contributed by atoms with Crippen LogP contribution < -0.4 is 4.74 Å². The zero-order valence-corrected chi connectivity index (χ0v) is 15.0. The maximum absolute atomic E-state index is 10.8. The Balaban J connectivity index is 2.01. The molecule has 3 aromatic rings. The van der Waals surface area contributed by atoms with E-state index in [4.69, 9.17) is 9.84 Å². The molecule has 2 aromatic heterocycles. The van der Waals surface area contributed by atoms with E-state index in [0.717, 1.165) is 32.4 Å². The van der Waals surface area contributed by atoms with Gasteiger partial charge in [-0.15, -0.1) is 11.3 Å². The third kappa shape index (κ3) is 3.14. The van der Waals surface area contributed by atoms with Crippen LogP contribution in [-0.4, -0.2) is 27.6 Å². The van der Waals surface area contributed by atoms with Crippen molar-refractivity contribution in [3.8, 4) is 17.0 Å². The predicted molar refractivity (Wildman–Crippen MR) is 95.1 cm³/mol. The highest BCUT2D eigenvalue weighted by Gasteiger charge is 2.20. The van der Waals surface area contributed by atoms with Gasteiger partial charge in [-0.05, 0) is 23.6 Å². The van der Waals surface area contributed by atoms with Gasteiger partial charge < -0.3 is 9.84 Å². The van der Waals surface area contributed by atoms with Crippen LogP contribution in [0, 0.1) is 0 Å². The fourth-order valence-corrected chi connectivity index (χ4v) is 3.62. The molecule has 0 radical (unpaired) electrons. The molecule has 5 nitrogen and oxygen atoms in total. The minimum Gasteiger partial charge on any atom is -0.496 e. The van der Waals surface area contributed by atoms with Crippen LogP contribution in [0.5, 0.6) is 5.75 Å². The van der Waals surface area contributed by atoms with Gasteiger partial charge in [0.2, 0.25) is 0 Å². The van der Waals surface area contributed by atoms with Gasteiger partial charge in [-0.1, -0.05) is 20.8 Å². The number of rotatable bonds is 4. The van der Waals surface area contributed by atoms with Crippen LogP contribution in [0.2, 0.25) is 0 Å². The number of methoxy groups -OCH3 is 1. The molecule has 0 saturated heterocycles. The molecule has 1 N–H and O–H groups in total. The maximum atomic E-state index is 10.8. The predicted octanol–water partition coefficient (Wildman–Crippen LogP) is 4.00. The second-order valence-electron chi connectivity index (χ2n) is 6.75. The largest absolute Gasteiger partial charge is 0.496 e. The summed E-state index contributed by atoms with van der Waals surface area (Å²) >= 11 is 1.40. The maximum Gasteiger partial charge on any atom is 0.308 e. The Morgan fingerprint density at radius 1 is 1.33 bits per heavy atom. The third-order valence-electron chi connectivity index (χ3n) is 3.83. The lowest BCUT2D eigenvalue weighted by atomic mass is 9.85. The SMILES string of the molecule is COc1ccc(-c2cn3cc(CC(=O)O)sc3n2)cc1C(C)(C)C. The molecule has 0 aliphatic carbocycles. The quantitative estimate of drug-likeness (QED) is 0.777. The van der Waals surface area contributed by atoms with E-state index in [9.17, 15) is 4.79 Å². The minimum atomic E-state index is -0.829. The molecule has 0 fully saturated rings. The second-order valence-corrected chi connectivity index (χ2v) is 7.84. The monoisotopic (exact) mass is 344 g/mol. The van der Waals surface area contributed by atoms with E-state index in [2.05, 4.69) is 31.8 Å². The highest BCUT2D eigenvalue weighted by Crippen LogP contribution is 2.35. The van der Waals surface area contributed by atoms with E-state index < -0.39 is 5.97 Å². The molecule has 0 aliphatic rings. The van der Waals surface area contributed by atoms with Crippen LogP contribution >= 0.6 is 11.3 Å². The Bertz CT molecular complexity index is 871. The number of carboxylic acid groups (broad SMARTS) is 1. The van der Waals surface area contributed by atoms with E-state index in [1.165, 1.54) is 11.3 Å². The number of nitrogens with zero attached hydrogens (tertiary/aromatic N) is 2. The topological polar surface area (TPSA) is 63.8 Å². The summed E-state index contributed by atoms with van der Waals surface area (Å²) in [4.78, 5) is 17.0. The van der Waals surface area contributed by atoms with Crippen molar-refractivity contribution in [1.29, 1.82) is 0 Å². The summed E-state index contributed by atoms with van der Waals surface area (Å²) in [5.74, 6) is 0.0423. The number of fused-ring (bicyclic) bond motifs is 1. The van der Waals surface area contributed by atoms with Crippen molar-refractivity contribution in [2.45, 2.75) is 32.6 Å². The Hall–Kier alpha value is -2.34. The number of thiazole rings is 1. The first kappa shape index (κ1) is 16.5. The van der Waals surface area contributed by atoms with Crippen molar-refractivity contribution in [3.63, 3.8) is 0 Å². The number of hydrogen-bond acceptors (Lipinski definition) is 4. The highest BCUT2D eigenvalue weighted by atomic mass is 32.1. The van der Waals surface area contributed by atoms with Crippen molar-refractivity contribution in [1.82, 2.24) is 9.38 Å². The molecule has 126 valence electrons. The third-order valence-corrected chi connectivity index (χ3v) is 4.83. The number of hydrogen-bond donors (Lipinski definition) is 1. The van der Waals surface area contributed by atoms with Crippen LogP contribution in [0.25, 0.3) is 16.2 Å². The van der Waals surface area contributed by atoms with Gasteiger partial charge in [0, 0.05) is 28.4 Å². The molecule has 0 amide bonds. The molecule has 0 saturated carbocycles. The minimum absolute atomic E-state index is 0.0278. The molecule has 0 spiro atoms. The number of benzene rings is 1. The molecule has 2 heterocycles. The average Bonchev–Trinajstić information content (AvgIpc) is 3.03. The standard InChI is InChI=1S/C18H20N2O3S/c1-18(2,3)13-7-11(5-6-15(13)23-4)14-10-20-9-12(8-16(21)22)24-17(20)19-14/h5-7,9-10H,8H2,1-4H3,(H,21,22). The van der Waals surface area contributed by atoms with Crippen molar-refractivity contribution in [2.75, 3.05) is 7.11 Å². The second kappa shape index (κ2) is 5.94. The molecule has 0 bridgehead atoms. The Kier molecular flexibility index (Phi) is 4.09. The molecular weight excluding hydrogens is 324 g/mol. The van der Waals surface area contributed by atoms with E-state index in [1.807, 2.05) is 28.9 Å². The normalized spacial score (nSPS) is 11.8. The number of imidazole rings is 1. The van der Waals surface area contributed by atoms with Crippen molar-refractivity contribution in [3.05, 3.63) is 41.0 Å². The van der Waals surface area contributed by atoms with Gasteiger partial charge in [-0.2, -0.15) is 0 Å². The summed E-state index contributed by atoms with van der Waals surface area (Å²) in [5, 5.41) is 8.88. The smallest absolute Gasteiger partial charge is 0.308 e. The molecule has 0 unspecified atom stereocenters. The van der Waals surface area contributed by atoms with E-state index in [0.29, 0.717) is 0 Å². The first-order chi connectivity index (χ1) is 11.3. The van der Waals surface area contributed by atoms with E-state index in [1.54, 1.807) is 7.11 Å². The van der Waals surface area contributed by atoms with Crippen LogP contribution in [-0.2, 0) is 16.6 Å². The molecule has 3 rings (SSSR count). The summed E-state index contributed by atoms with van der Waals surface area (Å²) in [6.45, 7) is 6.45. The Morgan fingerprint density at radius 2 is 2.08 bits per heavy atom. The van der Waals surface area contributed by atoms with Crippen LogP contribution in [0.3, 0.4) is 0 Å². The zero-order chi connectivity index (χ0) is 17.5. The van der Waals surface area contributed by atoms with Gasteiger partial charge in [0.15, 0.2) is 4.96 Å². The van der Waals surface area contributed by atoms with Gasteiger partial charge in [0.25, 0.3) is 0 Å². The lowest BCUT2D eigenvalue weighted by Gasteiger charge is -2.22. The average molecular weight is 344 g/mol. The molecule has 0 aliphatic heterocycles. The first-order valence-corrected chi connectivity index (χ1v) is 8.47. The zero-order valence-electron chi connectivity index (χ0n) is 14.2. The highest BCUT2D eigenvalue weighted by molar-refractivity contribution is 7.17. The van der Waals surface area contributed by atoms with Crippen molar-refractivity contribution < 1.29 is 14.6 Å². The number of ether oxygens (including phenoxy) is 1.